The second kappa shape index (κ2) is 11.0. The number of likely N-dealkylation sites (tertiary alicyclic amines) is 1. The zero-order valence-corrected chi connectivity index (χ0v) is 20.9. The molecule has 1 atom stereocenters. The van der Waals surface area contributed by atoms with Gasteiger partial charge >= 0.3 is 5.97 Å². The van der Waals surface area contributed by atoms with E-state index in [-0.39, 0.29) is 23.8 Å². The van der Waals surface area contributed by atoms with Crippen molar-refractivity contribution < 1.29 is 14.3 Å². The number of carbonyl (C=O) groups is 2. The lowest BCUT2D eigenvalue weighted by atomic mass is 9.90. The van der Waals surface area contributed by atoms with Crippen molar-refractivity contribution in [3.05, 3.63) is 87.8 Å². The molecule has 178 valence electrons. The third-order valence-corrected chi connectivity index (χ3v) is 7.74. The Bertz CT molecular complexity index is 1120. The van der Waals surface area contributed by atoms with Crippen LogP contribution in [0.1, 0.15) is 57.7 Å². The molecule has 2 aromatic carbocycles. The predicted molar refractivity (Wildman–Crippen MR) is 137 cm³/mol. The summed E-state index contributed by atoms with van der Waals surface area (Å²) in [6.07, 6.45) is 1.55. The Labute approximate surface area is 205 Å². The lowest BCUT2D eigenvalue weighted by Gasteiger charge is -2.38. The summed E-state index contributed by atoms with van der Waals surface area (Å²) in [6, 6.07) is 19.8. The topological polar surface area (TPSA) is 58.6 Å². The molecule has 0 aliphatic carbocycles. The standard InChI is InChI=1S/C28H32N2O3S/c1-4-33-28(32)23-15-17-30(18-16-23)25(21-11-7-5-8-12-21)24-19(2)20(3)34-27(24)29-26(31)22-13-9-6-10-14-22/h5-14,23,25H,4,15-18H2,1-3H3,(H,29,31)/t25-/m0/s1. The first-order chi connectivity index (χ1) is 16.5. The third kappa shape index (κ3) is 5.24. The Morgan fingerprint density at radius 1 is 1.03 bits per heavy atom. The summed E-state index contributed by atoms with van der Waals surface area (Å²) >= 11 is 1.63. The first-order valence-electron chi connectivity index (χ1n) is 11.9. The van der Waals surface area contributed by atoms with E-state index in [0.29, 0.717) is 12.2 Å². The van der Waals surface area contributed by atoms with Gasteiger partial charge in [-0.3, -0.25) is 14.5 Å². The van der Waals surface area contributed by atoms with E-state index < -0.39 is 0 Å². The average Bonchev–Trinajstić information content (AvgIpc) is 3.14. The molecule has 1 fully saturated rings. The maximum Gasteiger partial charge on any atom is 0.309 e. The van der Waals surface area contributed by atoms with Crippen LogP contribution in [0.15, 0.2) is 60.7 Å². The molecule has 2 heterocycles. The van der Waals surface area contributed by atoms with Crippen molar-refractivity contribution >= 4 is 28.2 Å². The molecule has 0 radical (unpaired) electrons. The maximum absolute atomic E-state index is 13.0. The van der Waals surface area contributed by atoms with Gasteiger partial charge < -0.3 is 10.1 Å². The number of ether oxygens (including phenoxy) is 1. The summed E-state index contributed by atoms with van der Waals surface area (Å²) in [7, 11) is 0. The normalized spacial score (nSPS) is 15.6. The van der Waals surface area contributed by atoms with Crippen LogP contribution in [0.5, 0.6) is 0 Å². The van der Waals surface area contributed by atoms with Crippen LogP contribution < -0.4 is 5.32 Å². The zero-order valence-electron chi connectivity index (χ0n) is 20.0. The van der Waals surface area contributed by atoms with E-state index in [1.807, 2.05) is 43.3 Å². The van der Waals surface area contributed by atoms with Gasteiger partial charge in [0, 0.05) is 16.0 Å². The van der Waals surface area contributed by atoms with Crippen LogP contribution in [-0.4, -0.2) is 36.5 Å². The highest BCUT2D eigenvalue weighted by molar-refractivity contribution is 7.16. The zero-order chi connectivity index (χ0) is 24.1. The van der Waals surface area contributed by atoms with Crippen molar-refractivity contribution in [1.29, 1.82) is 0 Å². The fourth-order valence-corrected chi connectivity index (χ4v) is 5.77. The first-order valence-corrected chi connectivity index (χ1v) is 12.7. The average molecular weight is 477 g/mol. The molecule has 6 heteroatoms. The van der Waals surface area contributed by atoms with Crippen LogP contribution in [0.3, 0.4) is 0 Å². The Morgan fingerprint density at radius 3 is 2.26 bits per heavy atom. The van der Waals surface area contributed by atoms with Crippen molar-refractivity contribution in [1.82, 2.24) is 4.90 Å². The first kappa shape index (κ1) is 24.2. The number of carbonyl (C=O) groups excluding carboxylic acids is 2. The molecule has 0 saturated carbocycles. The monoisotopic (exact) mass is 476 g/mol. The number of piperidine rings is 1. The van der Waals surface area contributed by atoms with E-state index in [1.54, 1.807) is 11.3 Å². The highest BCUT2D eigenvalue weighted by Crippen LogP contribution is 2.43. The maximum atomic E-state index is 13.0. The molecule has 3 aromatic rings. The van der Waals surface area contributed by atoms with Gasteiger partial charge in [-0.2, -0.15) is 0 Å². The van der Waals surface area contributed by atoms with Crippen LogP contribution in [-0.2, 0) is 9.53 Å². The quantitative estimate of drug-likeness (QED) is 0.426. The van der Waals surface area contributed by atoms with Gasteiger partial charge in [-0.05, 0) is 70.0 Å². The number of nitrogens with zero attached hydrogens (tertiary/aromatic N) is 1. The minimum Gasteiger partial charge on any atom is -0.466 e. The van der Waals surface area contributed by atoms with Gasteiger partial charge in [0.25, 0.3) is 5.91 Å². The lowest BCUT2D eigenvalue weighted by Crippen LogP contribution is -2.40. The Hall–Kier alpha value is -2.96. The molecule has 1 amide bonds. The summed E-state index contributed by atoms with van der Waals surface area (Å²) in [4.78, 5) is 29.0. The van der Waals surface area contributed by atoms with Crippen LogP contribution in [0, 0.1) is 19.8 Å². The number of amides is 1. The number of rotatable bonds is 7. The fraction of sp³-hybridized carbons (Fsp3) is 0.357. The lowest BCUT2D eigenvalue weighted by molar-refractivity contribution is -0.149. The minimum absolute atomic E-state index is 0.000342. The molecule has 1 aliphatic rings. The highest BCUT2D eigenvalue weighted by atomic mass is 32.1. The van der Waals surface area contributed by atoms with Crippen molar-refractivity contribution in [2.75, 3.05) is 25.0 Å². The molecular formula is C28H32N2O3S. The van der Waals surface area contributed by atoms with Crippen molar-refractivity contribution in [2.24, 2.45) is 5.92 Å². The largest absolute Gasteiger partial charge is 0.466 e. The number of aryl methyl sites for hydroxylation is 1. The summed E-state index contributed by atoms with van der Waals surface area (Å²) < 4.78 is 5.27. The molecule has 0 spiro atoms. The molecule has 1 aromatic heterocycles. The van der Waals surface area contributed by atoms with Gasteiger partial charge in [0.05, 0.1) is 18.6 Å². The second-order valence-corrected chi connectivity index (χ2v) is 9.95. The molecule has 34 heavy (non-hydrogen) atoms. The molecule has 5 nitrogen and oxygen atoms in total. The van der Waals surface area contributed by atoms with Gasteiger partial charge in [0.15, 0.2) is 0 Å². The molecule has 1 aliphatic heterocycles. The van der Waals surface area contributed by atoms with Crippen LogP contribution in [0.2, 0.25) is 0 Å². The predicted octanol–water partition coefficient (Wildman–Crippen LogP) is 5.98. The van der Waals surface area contributed by atoms with E-state index in [4.69, 9.17) is 4.74 Å². The van der Waals surface area contributed by atoms with Crippen molar-refractivity contribution in [3.8, 4) is 0 Å². The minimum atomic E-state index is -0.101. The van der Waals surface area contributed by atoms with Crippen LogP contribution in [0.4, 0.5) is 5.00 Å². The Morgan fingerprint density at radius 2 is 1.65 bits per heavy atom. The SMILES string of the molecule is CCOC(=O)C1CCN([C@@H](c2ccccc2)c2c(NC(=O)c3ccccc3)sc(C)c2C)CC1. The number of nitrogens with one attached hydrogen (secondary N) is 1. The molecule has 1 saturated heterocycles. The Kier molecular flexibility index (Phi) is 7.80. The summed E-state index contributed by atoms with van der Waals surface area (Å²) in [5.41, 5.74) is 4.18. The van der Waals surface area contributed by atoms with E-state index in [0.717, 1.165) is 36.5 Å². The number of hydrogen-bond acceptors (Lipinski definition) is 5. The highest BCUT2D eigenvalue weighted by Gasteiger charge is 2.34. The van der Waals surface area contributed by atoms with Crippen LogP contribution in [0.25, 0.3) is 0 Å². The molecular weight excluding hydrogens is 444 g/mol. The van der Waals surface area contributed by atoms with Gasteiger partial charge in [-0.25, -0.2) is 0 Å². The van der Waals surface area contributed by atoms with E-state index in [2.05, 4.69) is 48.3 Å². The molecule has 1 N–H and O–H groups in total. The third-order valence-electron chi connectivity index (χ3n) is 6.60. The molecule has 4 rings (SSSR count). The number of hydrogen-bond donors (Lipinski definition) is 1. The van der Waals surface area contributed by atoms with Gasteiger partial charge in [0.1, 0.15) is 5.00 Å². The fourth-order valence-electron chi connectivity index (χ4n) is 4.68. The summed E-state index contributed by atoms with van der Waals surface area (Å²) in [5.74, 6) is -0.233. The van der Waals surface area contributed by atoms with E-state index in [9.17, 15) is 9.59 Å². The molecule has 0 unspecified atom stereocenters. The number of benzene rings is 2. The van der Waals surface area contributed by atoms with Gasteiger partial charge in [-0.15, -0.1) is 11.3 Å². The Balaban J connectivity index is 1.67. The van der Waals surface area contributed by atoms with Crippen molar-refractivity contribution in [2.45, 2.75) is 39.7 Å². The number of anilines is 1. The van der Waals surface area contributed by atoms with Crippen LogP contribution >= 0.6 is 11.3 Å². The summed E-state index contributed by atoms with van der Waals surface area (Å²) in [6.45, 7) is 8.11. The van der Waals surface area contributed by atoms with Crippen molar-refractivity contribution in [3.63, 3.8) is 0 Å². The van der Waals surface area contributed by atoms with E-state index in [1.165, 1.54) is 16.0 Å². The number of thiophene rings is 1. The summed E-state index contributed by atoms with van der Waals surface area (Å²) in [5, 5.41) is 4.09. The molecule has 0 bridgehead atoms. The van der Waals surface area contributed by atoms with E-state index >= 15 is 0 Å². The number of esters is 1. The smallest absolute Gasteiger partial charge is 0.309 e. The second-order valence-electron chi connectivity index (χ2n) is 8.72. The van der Waals surface area contributed by atoms with Gasteiger partial charge in [0.2, 0.25) is 0 Å². The van der Waals surface area contributed by atoms with Gasteiger partial charge in [-0.1, -0.05) is 48.5 Å².